The van der Waals surface area contributed by atoms with Gasteiger partial charge in [-0.2, -0.15) is 0 Å². The number of aliphatic hydroxyl groups is 1. The lowest BCUT2D eigenvalue weighted by atomic mass is 9.89. The molecular weight excluding hydrogens is 606 g/mol. The minimum absolute atomic E-state index is 0.000649. The number of ether oxygens (including phenoxy) is 3. The van der Waals surface area contributed by atoms with Crippen LogP contribution in [0.4, 0.5) is 10.7 Å². The van der Waals surface area contributed by atoms with E-state index in [0.717, 1.165) is 72.1 Å². The molecule has 10 heteroatoms. The Hall–Kier alpha value is -4.61. The van der Waals surface area contributed by atoms with Gasteiger partial charge < -0.3 is 29.5 Å². The Morgan fingerprint density at radius 1 is 0.958 bits per heavy atom. The van der Waals surface area contributed by atoms with Crippen molar-refractivity contribution in [2.75, 3.05) is 44.2 Å². The monoisotopic (exact) mass is 649 g/mol. The number of carbonyl (C=O) groups is 1. The number of hydrogen-bond donors (Lipinski definition) is 2. The number of amides is 1. The highest BCUT2D eigenvalue weighted by atomic mass is 16.7. The molecule has 48 heavy (non-hydrogen) atoms. The Bertz CT molecular complexity index is 1630. The van der Waals surface area contributed by atoms with Gasteiger partial charge in [-0.05, 0) is 33.9 Å². The van der Waals surface area contributed by atoms with Gasteiger partial charge in [0.2, 0.25) is 5.95 Å². The molecule has 2 aliphatic heterocycles. The molecule has 0 aliphatic carbocycles. The van der Waals surface area contributed by atoms with E-state index in [-0.39, 0.29) is 31.3 Å². The van der Waals surface area contributed by atoms with E-state index in [0.29, 0.717) is 6.54 Å². The fourth-order valence-electron chi connectivity index (χ4n) is 6.30. The molecule has 2 fully saturated rings. The van der Waals surface area contributed by atoms with Gasteiger partial charge in [-0.3, -0.25) is 4.90 Å². The van der Waals surface area contributed by atoms with Crippen LogP contribution in [-0.2, 0) is 27.4 Å². The summed E-state index contributed by atoms with van der Waals surface area (Å²) in [5.41, 5.74) is 5.88. The van der Waals surface area contributed by atoms with E-state index in [2.05, 4.69) is 62.9 Å². The molecule has 2 saturated heterocycles. The van der Waals surface area contributed by atoms with Gasteiger partial charge in [0.05, 0.1) is 18.8 Å². The molecule has 0 unspecified atom stereocenters. The van der Waals surface area contributed by atoms with Gasteiger partial charge in [0.1, 0.15) is 6.61 Å². The number of benzene rings is 3. The first-order valence-electron chi connectivity index (χ1n) is 16.5. The second kappa shape index (κ2) is 16.0. The van der Waals surface area contributed by atoms with Crippen molar-refractivity contribution < 1.29 is 24.1 Å². The molecule has 1 aromatic heterocycles. The number of aliphatic hydroxyl groups excluding tert-OH is 1. The number of anilines is 1. The molecule has 0 saturated carbocycles. The maximum Gasteiger partial charge on any atom is 0.407 e. The zero-order valence-corrected chi connectivity index (χ0v) is 27.3. The smallest absolute Gasteiger partial charge is 0.407 e. The number of nitrogens with one attached hydrogen (secondary N) is 1. The van der Waals surface area contributed by atoms with E-state index in [1.54, 1.807) is 12.4 Å². The summed E-state index contributed by atoms with van der Waals surface area (Å²) in [6, 6.07) is 26.1. The number of nitrogens with zero attached hydrogens (tertiary/aromatic N) is 4. The predicted molar refractivity (Wildman–Crippen MR) is 184 cm³/mol. The number of piperazine rings is 1. The van der Waals surface area contributed by atoms with E-state index < -0.39 is 12.4 Å². The summed E-state index contributed by atoms with van der Waals surface area (Å²) in [6.45, 7) is 10.5. The molecule has 0 radical (unpaired) electrons. The van der Waals surface area contributed by atoms with Crippen molar-refractivity contribution in [2.24, 2.45) is 5.92 Å². The van der Waals surface area contributed by atoms with Gasteiger partial charge >= 0.3 is 6.09 Å². The Labute approximate surface area is 282 Å². The molecule has 1 amide bonds. The summed E-state index contributed by atoms with van der Waals surface area (Å²) in [7, 11) is 0. The van der Waals surface area contributed by atoms with Crippen molar-refractivity contribution in [2.45, 2.75) is 38.6 Å². The standard InChI is InChI=1S/C38H43N5O5/c1-3-23-46-38(45)41-24-32-7-4-5-8-33(32)29-13-15-31(16-14-29)36-47-34(27(2)35(48-36)30-11-9-28(26-44)10-12-30)25-42-19-21-43(22-20-42)37-39-17-6-18-40-37/h3-18,27,34-36,44H,1,19-26H2,2H3,(H,41,45)/t27-,34+,35+,36+/m0/s1. The van der Waals surface area contributed by atoms with Crippen LogP contribution < -0.4 is 10.2 Å². The minimum Gasteiger partial charge on any atom is -0.445 e. The Morgan fingerprint density at radius 2 is 1.67 bits per heavy atom. The van der Waals surface area contributed by atoms with Crippen LogP contribution in [0.5, 0.6) is 0 Å². The molecule has 0 bridgehead atoms. The number of aromatic nitrogens is 2. The highest BCUT2D eigenvalue weighted by Crippen LogP contribution is 2.42. The van der Waals surface area contributed by atoms with Crippen molar-refractivity contribution in [1.29, 1.82) is 0 Å². The second-order valence-electron chi connectivity index (χ2n) is 12.2. The predicted octanol–water partition coefficient (Wildman–Crippen LogP) is 5.66. The van der Waals surface area contributed by atoms with Gasteiger partial charge in [0.15, 0.2) is 6.29 Å². The van der Waals surface area contributed by atoms with Crippen molar-refractivity contribution in [1.82, 2.24) is 20.2 Å². The molecule has 2 N–H and O–H groups in total. The lowest BCUT2D eigenvalue weighted by Gasteiger charge is -2.44. The first-order valence-corrected chi connectivity index (χ1v) is 16.5. The fraction of sp³-hybridized carbons (Fsp3) is 0.342. The maximum atomic E-state index is 12.0. The van der Waals surface area contributed by atoms with E-state index in [1.165, 1.54) is 6.08 Å². The fourth-order valence-corrected chi connectivity index (χ4v) is 6.30. The molecule has 4 aromatic rings. The topological polar surface area (TPSA) is 109 Å². The zero-order valence-electron chi connectivity index (χ0n) is 27.3. The third-order valence-corrected chi connectivity index (χ3v) is 9.04. The summed E-state index contributed by atoms with van der Waals surface area (Å²) in [5.74, 6) is 0.862. The lowest BCUT2D eigenvalue weighted by molar-refractivity contribution is -0.276. The highest BCUT2D eigenvalue weighted by molar-refractivity contribution is 5.70. The van der Waals surface area contributed by atoms with Crippen LogP contribution in [0.25, 0.3) is 11.1 Å². The number of hydrogen-bond acceptors (Lipinski definition) is 9. The number of carbonyl (C=O) groups excluding carboxylic acids is 1. The molecule has 0 spiro atoms. The third kappa shape index (κ3) is 8.08. The Morgan fingerprint density at radius 3 is 2.38 bits per heavy atom. The van der Waals surface area contributed by atoms with Crippen LogP contribution in [-0.4, -0.2) is 71.5 Å². The quantitative estimate of drug-likeness (QED) is 0.199. The van der Waals surface area contributed by atoms with Gasteiger partial charge in [0.25, 0.3) is 0 Å². The molecular formula is C38H43N5O5. The first kappa shape index (κ1) is 33.3. The Balaban J connectivity index is 1.18. The molecule has 2 aliphatic rings. The second-order valence-corrected chi connectivity index (χ2v) is 12.2. The van der Waals surface area contributed by atoms with Gasteiger partial charge in [-0.1, -0.05) is 92.4 Å². The van der Waals surface area contributed by atoms with Gasteiger partial charge in [-0.15, -0.1) is 0 Å². The van der Waals surface area contributed by atoms with E-state index >= 15 is 0 Å². The van der Waals surface area contributed by atoms with Crippen LogP contribution in [0.2, 0.25) is 0 Å². The zero-order chi connectivity index (χ0) is 33.3. The highest BCUT2D eigenvalue weighted by Gasteiger charge is 2.39. The maximum absolute atomic E-state index is 12.0. The first-order chi connectivity index (χ1) is 23.5. The molecule has 3 heterocycles. The van der Waals surface area contributed by atoms with Crippen molar-refractivity contribution >= 4 is 12.0 Å². The van der Waals surface area contributed by atoms with Crippen LogP contribution in [0.1, 0.15) is 41.6 Å². The van der Waals surface area contributed by atoms with E-state index in [4.69, 9.17) is 14.2 Å². The molecule has 250 valence electrons. The summed E-state index contributed by atoms with van der Waals surface area (Å²) in [5, 5.41) is 12.4. The molecule has 10 nitrogen and oxygen atoms in total. The molecule has 4 atom stereocenters. The summed E-state index contributed by atoms with van der Waals surface area (Å²) in [4.78, 5) is 25.6. The van der Waals surface area contributed by atoms with Crippen LogP contribution in [0, 0.1) is 5.92 Å². The summed E-state index contributed by atoms with van der Waals surface area (Å²) < 4.78 is 18.5. The molecule has 3 aromatic carbocycles. The van der Waals surface area contributed by atoms with E-state index in [9.17, 15) is 9.90 Å². The molecule has 6 rings (SSSR count). The van der Waals surface area contributed by atoms with Crippen LogP contribution >= 0.6 is 0 Å². The number of rotatable bonds is 11. The minimum atomic E-state index is -0.557. The average Bonchev–Trinajstić information content (AvgIpc) is 3.15. The van der Waals surface area contributed by atoms with Gasteiger partial charge in [-0.25, -0.2) is 14.8 Å². The Kier molecular flexibility index (Phi) is 11.1. The average molecular weight is 650 g/mol. The largest absolute Gasteiger partial charge is 0.445 e. The van der Waals surface area contributed by atoms with Crippen molar-refractivity contribution in [3.8, 4) is 11.1 Å². The van der Waals surface area contributed by atoms with Crippen LogP contribution in [0.15, 0.2) is 104 Å². The third-order valence-electron chi connectivity index (χ3n) is 9.04. The summed E-state index contributed by atoms with van der Waals surface area (Å²) in [6.07, 6.45) is 3.81. The van der Waals surface area contributed by atoms with Crippen molar-refractivity contribution in [3.63, 3.8) is 0 Å². The normalized spacial score (nSPS) is 21.4. The number of alkyl carbamates (subject to hydrolysis) is 1. The van der Waals surface area contributed by atoms with Crippen LogP contribution in [0.3, 0.4) is 0 Å². The van der Waals surface area contributed by atoms with E-state index in [1.807, 2.05) is 54.6 Å². The summed E-state index contributed by atoms with van der Waals surface area (Å²) >= 11 is 0. The SMILES string of the molecule is C=CCOC(=O)NCc1ccccc1-c1ccc([C@@H]2O[C@H](CN3CCN(c4ncccn4)CC3)[C@H](C)[C@H](c3ccc(CO)cc3)O2)cc1. The van der Waals surface area contributed by atoms with Crippen molar-refractivity contribution in [3.05, 3.63) is 126 Å². The van der Waals surface area contributed by atoms with Gasteiger partial charge in [0, 0.05) is 63.1 Å². The lowest BCUT2D eigenvalue weighted by Crippen LogP contribution is -2.51.